The van der Waals surface area contributed by atoms with Gasteiger partial charge in [-0.1, -0.05) is 0 Å². The van der Waals surface area contributed by atoms with Crippen LogP contribution in [0.3, 0.4) is 0 Å². The summed E-state index contributed by atoms with van der Waals surface area (Å²) in [6.45, 7) is 13.6. The Kier molecular flexibility index (Phi) is 7.32. The maximum Gasteiger partial charge on any atom is 0.410 e. The van der Waals surface area contributed by atoms with Gasteiger partial charge in [0, 0.05) is 25.7 Å². The monoisotopic (exact) mass is 327 g/mol. The molecule has 134 valence electrons. The van der Waals surface area contributed by atoms with E-state index in [1.165, 1.54) is 0 Å². The first-order valence-corrected chi connectivity index (χ1v) is 8.60. The number of amides is 2. The maximum atomic E-state index is 12.1. The highest BCUT2D eigenvalue weighted by atomic mass is 16.6. The van der Waals surface area contributed by atoms with Crippen LogP contribution in [0.15, 0.2) is 0 Å². The van der Waals surface area contributed by atoms with Crippen molar-refractivity contribution in [3.63, 3.8) is 0 Å². The lowest BCUT2D eigenvalue weighted by molar-refractivity contribution is -0.123. The molecule has 6 nitrogen and oxygen atoms in total. The minimum Gasteiger partial charge on any atom is -0.444 e. The quantitative estimate of drug-likeness (QED) is 0.811. The summed E-state index contributed by atoms with van der Waals surface area (Å²) in [6.07, 6.45) is 1.79. The minimum absolute atomic E-state index is 0.0137. The number of carbonyl (C=O) groups excluding carboxylic acids is 2. The van der Waals surface area contributed by atoms with E-state index in [4.69, 9.17) is 4.74 Å². The summed E-state index contributed by atoms with van der Waals surface area (Å²) in [4.78, 5) is 25.8. The molecular weight excluding hydrogens is 294 g/mol. The largest absolute Gasteiger partial charge is 0.444 e. The van der Waals surface area contributed by atoms with Crippen LogP contribution in [0.25, 0.3) is 0 Å². The summed E-state index contributed by atoms with van der Waals surface area (Å²) in [7, 11) is 0. The van der Waals surface area contributed by atoms with Crippen molar-refractivity contribution in [2.24, 2.45) is 5.92 Å². The fourth-order valence-corrected chi connectivity index (χ4v) is 2.57. The van der Waals surface area contributed by atoms with Crippen LogP contribution >= 0.6 is 0 Å². The summed E-state index contributed by atoms with van der Waals surface area (Å²) in [5, 5.41) is 6.17. The standard InChI is InChI=1S/C17H33N3O3/c1-12(2)19-15(21)13(3)18-10-14-8-7-9-20(11-14)16(22)23-17(4,5)6/h12-14,18H,7-11H2,1-6H3,(H,19,21). The van der Waals surface area contributed by atoms with Gasteiger partial charge in [0.1, 0.15) is 5.60 Å². The lowest BCUT2D eigenvalue weighted by atomic mass is 9.98. The highest BCUT2D eigenvalue weighted by Crippen LogP contribution is 2.19. The van der Waals surface area contributed by atoms with Gasteiger partial charge in [0.2, 0.25) is 5.91 Å². The first-order valence-electron chi connectivity index (χ1n) is 8.60. The van der Waals surface area contributed by atoms with Crippen molar-refractivity contribution in [1.82, 2.24) is 15.5 Å². The fourth-order valence-electron chi connectivity index (χ4n) is 2.57. The molecule has 1 aliphatic rings. The Hall–Kier alpha value is -1.30. The summed E-state index contributed by atoms with van der Waals surface area (Å²) < 4.78 is 5.44. The molecule has 0 aliphatic carbocycles. The lowest BCUT2D eigenvalue weighted by Gasteiger charge is -2.34. The van der Waals surface area contributed by atoms with Crippen LogP contribution in [-0.2, 0) is 9.53 Å². The molecule has 0 spiro atoms. The average Bonchev–Trinajstić information content (AvgIpc) is 2.42. The maximum absolute atomic E-state index is 12.1. The lowest BCUT2D eigenvalue weighted by Crippen LogP contribution is -2.49. The summed E-state index contributed by atoms with van der Waals surface area (Å²) in [5.41, 5.74) is -0.467. The average molecular weight is 327 g/mol. The van der Waals surface area contributed by atoms with E-state index in [1.54, 1.807) is 4.90 Å². The minimum atomic E-state index is -0.467. The summed E-state index contributed by atoms with van der Waals surface area (Å²) >= 11 is 0. The van der Waals surface area contributed by atoms with Gasteiger partial charge in [-0.2, -0.15) is 0 Å². The fraction of sp³-hybridized carbons (Fsp3) is 0.882. The van der Waals surface area contributed by atoms with Gasteiger partial charge in [0.25, 0.3) is 0 Å². The van der Waals surface area contributed by atoms with Crippen LogP contribution in [-0.4, -0.2) is 54.2 Å². The summed E-state index contributed by atoms with van der Waals surface area (Å²) in [5.74, 6) is 0.366. The molecule has 1 heterocycles. The van der Waals surface area contributed by atoms with Crippen LogP contribution in [0.5, 0.6) is 0 Å². The number of piperidine rings is 1. The molecule has 0 aromatic rings. The Labute approximate surface area is 140 Å². The third-order valence-electron chi connectivity index (χ3n) is 3.71. The van der Waals surface area contributed by atoms with Crippen molar-refractivity contribution < 1.29 is 14.3 Å². The van der Waals surface area contributed by atoms with E-state index < -0.39 is 5.60 Å². The van der Waals surface area contributed by atoms with Crippen molar-refractivity contribution in [3.8, 4) is 0 Å². The summed E-state index contributed by atoms with van der Waals surface area (Å²) in [6, 6.07) is -0.0848. The number of hydrogen-bond donors (Lipinski definition) is 2. The molecule has 6 heteroatoms. The van der Waals surface area contributed by atoms with Crippen LogP contribution in [0.2, 0.25) is 0 Å². The second-order valence-electron chi connectivity index (χ2n) is 7.73. The Morgan fingerprint density at radius 2 is 1.91 bits per heavy atom. The van der Waals surface area contributed by atoms with Crippen molar-refractivity contribution in [2.75, 3.05) is 19.6 Å². The van der Waals surface area contributed by atoms with E-state index in [1.807, 2.05) is 41.5 Å². The Bertz CT molecular complexity index is 404. The number of hydrogen-bond acceptors (Lipinski definition) is 4. The molecule has 1 rings (SSSR count). The van der Waals surface area contributed by atoms with Crippen LogP contribution in [0.4, 0.5) is 4.79 Å². The molecule has 0 aromatic carbocycles. The molecule has 0 radical (unpaired) electrons. The molecule has 23 heavy (non-hydrogen) atoms. The van der Waals surface area contributed by atoms with Crippen molar-refractivity contribution in [3.05, 3.63) is 0 Å². The molecule has 1 fully saturated rings. The molecule has 0 bridgehead atoms. The van der Waals surface area contributed by atoms with E-state index in [-0.39, 0.29) is 24.1 Å². The Morgan fingerprint density at radius 3 is 2.48 bits per heavy atom. The highest BCUT2D eigenvalue weighted by molar-refractivity contribution is 5.81. The Balaban J connectivity index is 2.41. The highest BCUT2D eigenvalue weighted by Gasteiger charge is 2.28. The molecule has 1 saturated heterocycles. The molecule has 2 atom stereocenters. The molecule has 1 aliphatic heterocycles. The molecule has 2 unspecified atom stereocenters. The predicted molar refractivity (Wildman–Crippen MR) is 91.3 cm³/mol. The van der Waals surface area contributed by atoms with Gasteiger partial charge >= 0.3 is 6.09 Å². The van der Waals surface area contributed by atoms with Crippen molar-refractivity contribution >= 4 is 12.0 Å². The number of nitrogens with one attached hydrogen (secondary N) is 2. The zero-order valence-electron chi connectivity index (χ0n) is 15.4. The second-order valence-corrected chi connectivity index (χ2v) is 7.73. The first kappa shape index (κ1) is 19.7. The van der Waals surface area contributed by atoms with E-state index in [9.17, 15) is 9.59 Å². The molecular formula is C17H33N3O3. The number of carbonyl (C=O) groups is 2. The number of nitrogens with zero attached hydrogens (tertiary/aromatic N) is 1. The van der Waals surface area contributed by atoms with Gasteiger partial charge in [-0.15, -0.1) is 0 Å². The van der Waals surface area contributed by atoms with Gasteiger partial charge in [0.15, 0.2) is 0 Å². The molecule has 0 aromatic heterocycles. The van der Waals surface area contributed by atoms with Gasteiger partial charge < -0.3 is 20.3 Å². The second kappa shape index (κ2) is 8.52. The van der Waals surface area contributed by atoms with Crippen molar-refractivity contribution in [1.29, 1.82) is 0 Å². The number of rotatable bonds is 5. The SMILES string of the molecule is CC(C)NC(=O)C(C)NCC1CCCN(C(=O)OC(C)(C)C)C1. The van der Waals surface area contributed by atoms with Gasteiger partial charge in [-0.3, -0.25) is 4.79 Å². The van der Waals surface area contributed by atoms with E-state index >= 15 is 0 Å². The zero-order chi connectivity index (χ0) is 17.6. The molecule has 0 saturated carbocycles. The van der Waals surface area contributed by atoms with Crippen LogP contribution in [0.1, 0.15) is 54.4 Å². The van der Waals surface area contributed by atoms with Gasteiger partial charge in [-0.05, 0) is 60.3 Å². The Morgan fingerprint density at radius 1 is 1.26 bits per heavy atom. The predicted octanol–water partition coefficient (Wildman–Crippen LogP) is 2.14. The van der Waals surface area contributed by atoms with E-state index in [2.05, 4.69) is 10.6 Å². The molecule has 2 N–H and O–H groups in total. The van der Waals surface area contributed by atoms with Crippen molar-refractivity contribution in [2.45, 2.75) is 72.1 Å². The third kappa shape index (κ3) is 7.68. The normalized spacial score (nSPS) is 20.3. The molecule has 2 amide bonds. The zero-order valence-corrected chi connectivity index (χ0v) is 15.4. The number of ether oxygens (including phenoxy) is 1. The third-order valence-corrected chi connectivity index (χ3v) is 3.71. The number of likely N-dealkylation sites (tertiary alicyclic amines) is 1. The smallest absolute Gasteiger partial charge is 0.410 e. The first-order chi connectivity index (χ1) is 10.6. The van der Waals surface area contributed by atoms with Crippen LogP contribution < -0.4 is 10.6 Å². The van der Waals surface area contributed by atoms with Gasteiger partial charge in [-0.25, -0.2) is 4.79 Å². The topological polar surface area (TPSA) is 70.7 Å². The van der Waals surface area contributed by atoms with Gasteiger partial charge in [0.05, 0.1) is 6.04 Å². The van der Waals surface area contributed by atoms with E-state index in [0.717, 1.165) is 25.9 Å². The van der Waals surface area contributed by atoms with Crippen LogP contribution in [0, 0.1) is 5.92 Å². The van der Waals surface area contributed by atoms with E-state index in [0.29, 0.717) is 12.5 Å².